The van der Waals surface area contributed by atoms with Crippen LogP contribution < -0.4 is 15.0 Å². The lowest BCUT2D eigenvalue weighted by atomic mass is 10.00. The molecule has 0 amide bonds. The summed E-state index contributed by atoms with van der Waals surface area (Å²) in [7, 11) is 1.64. The summed E-state index contributed by atoms with van der Waals surface area (Å²) in [5, 5.41) is 25.3. The summed E-state index contributed by atoms with van der Waals surface area (Å²) in [5.74, 6) is 2.66. The Kier molecular flexibility index (Phi) is 9.39. The zero-order valence-corrected chi connectivity index (χ0v) is 30.4. The van der Waals surface area contributed by atoms with Gasteiger partial charge in [-0.2, -0.15) is 10.2 Å². The van der Waals surface area contributed by atoms with Gasteiger partial charge in [-0.3, -0.25) is 4.98 Å². The fraction of sp³-hybridized carbons (Fsp3) is 0.140. The van der Waals surface area contributed by atoms with Crippen molar-refractivity contribution >= 4 is 22.9 Å². The molecule has 0 radical (unpaired) electrons. The monoisotopic (exact) mass is 743 g/mol. The Balaban J connectivity index is 1.08. The fourth-order valence-electron chi connectivity index (χ4n) is 6.93. The van der Waals surface area contributed by atoms with Gasteiger partial charge in [0, 0.05) is 48.0 Å². The number of ether oxygens (including phenoxy) is 3. The van der Waals surface area contributed by atoms with Gasteiger partial charge >= 0.3 is 0 Å². The molecule has 0 aliphatic carbocycles. The number of aromatic nitrogens is 7. The molecule has 8 aromatic rings. The maximum absolute atomic E-state index is 12.5. The van der Waals surface area contributed by atoms with Crippen molar-refractivity contribution in [1.29, 1.82) is 0 Å². The molecule has 13 heteroatoms. The SMILES string of the molecule is COc1ccc(-c2cnn3ccc(N(Cc4ccncc4)C(O)c4ccccc4-c4cnn5ccc(NC(Cc6ccccc6)C6=COCO6)nc45)nc23)cc1. The van der Waals surface area contributed by atoms with Crippen LogP contribution in [0.2, 0.25) is 0 Å². The summed E-state index contributed by atoms with van der Waals surface area (Å²) >= 11 is 0. The highest BCUT2D eigenvalue weighted by molar-refractivity contribution is 5.81. The van der Waals surface area contributed by atoms with E-state index < -0.39 is 6.23 Å². The molecule has 2 unspecified atom stereocenters. The number of pyridine rings is 1. The quantitative estimate of drug-likeness (QED) is 0.117. The zero-order chi connectivity index (χ0) is 37.8. The number of nitrogens with one attached hydrogen (secondary N) is 1. The number of hydrogen-bond acceptors (Lipinski definition) is 11. The van der Waals surface area contributed by atoms with Gasteiger partial charge in [-0.1, -0.05) is 66.7 Å². The molecule has 0 fully saturated rings. The van der Waals surface area contributed by atoms with E-state index in [1.807, 2.05) is 108 Å². The number of aliphatic hydroxyl groups is 1. The molecule has 1 aliphatic heterocycles. The Labute approximate surface area is 322 Å². The first-order valence-electron chi connectivity index (χ1n) is 18.1. The lowest BCUT2D eigenvalue weighted by Crippen LogP contribution is -2.29. The van der Waals surface area contributed by atoms with E-state index >= 15 is 0 Å². The smallest absolute Gasteiger partial charge is 0.229 e. The van der Waals surface area contributed by atoms with Crippen molar-refractivity contribution < 1.29 is 19.3 Å². The molecule has 278 valence electrons. The normalized spacial score (nSPS) is 13.5. The number of nitrogens with zero attached hydrogens (tertiary/aromatic N) is 8. The highest BCUT2D eigenvalue weighted by Crippen LogP contribution is 2.36. The van der Waals surface area contributed by atoms with Gasteiger partial charge in [0.15, 0.2) is 23.3 Å². The predicted octanol–water partition coefficient (Wildman–Crippen LogP) is 7.08. The second-order valence-electron chi connectivity index (χ2n) is 13.3. The van der Waals surface area contributed by atoms with Crippen molar-refractivity contribution in [2.24, 2.45) is 0 Å². The minimum atomic E-state index is -1.13. The zero-order valence-electron chi connectivity index (χ0n) is 30.4. The minimum absolute atomic E-state index is 0.175. The number of methoxy groups -OCH3 is 1. The van der Waals surface area contributed by atoms with E-state index in [9.17, 15) is 5.11 Å². The molecule has 13 nitrogen and oxygen atoms in total. The topological polar surface area (TPSA) is 136 Å². The first kappa shape index (κ1) is 34.5. The van der Waals surface area contributed by atoms with Crippen molar-refractivity contribution in [3.05, 3.63) is 169 Å². The standard InChI is InChI=1S/C43H37N9O4/c1-54-32-13-11-31(12-14-32)35-24-45-52-22-18-40(49-41(35)52)50(26-30-15-19-44-20-16-30)43(53)34-10-6-5-9-33(34)36-25-46-51-21-17-39(48-42(36)51)47-37(38-27-55-28-56-38)23-29-7-3-2-4-8-29/h2-22,24-25,27,37,43,53H,23,26,28H2,1H3,(H,47,48). The van der Waals surface area contributed by atoms with E-state index in [1.165, 1.54) is 0 Å². The van der Waals surface area contributed by atoms with Gasteiger partial charge in [-0.05, 0) is 65.1 Å². The summed E-state index contributed by atoms with van der Waals surface area (Å²) in [4.78, 5) is 16.2. The van der Waals surface area contributed by atoms with E-state index in [0.29, 0.717) is 47.2 Å². The molecule has 6 heterocycles. The molecule has 5 aromatic heterocycles. The average Bonchev–Trinajstić information content (AvgIpc) is 4.04. The van der Waals surface area contributed by atoms with Crippen LogP contribution in [0.15, 0.2) is 152 Å². The molecule has 2 atom stereocenters. The summed E-state index contributed by atoms with van der Waals surface area (Å²) in [6, 6.07) is 33.1. The van der Waals surface area contributed by atoms with Gasteiger partial charge in [0.1, 0.15) is 23.6 Å². The summed E-state index contributed by atoms with van der Waals surface area (Å²) < 4.78 is 20.1. The van der Waals surface area contributed by atoms with Gasteiger partial charge in [0.2, 0.25) is 6.79 Å². The van der Waals surface area contributed by atoms with Crippen LogP contribution in [-0.2, 0) is 22.4 Å². The van der Waals surface area contributed by atoms with Crippen LogP contribution in [0.25, 0.3) is 33.5 Å². The molecule has 2 N–H and O–H groups in total. The molecule has 1 aliphatic rings. The van der Waals surface area contributed by atoms with E-state index in [-0.39, 0.29) is 12.8 Å². The van der Waals surface area contributed by atoms with Crippen molar-refractivity contribution in [3.8, 4) is 28.0 Å². The highest BCUT2D eigenvalue weighted by atomic mass is 16.7. The lowest BCUT2D eigenvalue weighted by Gasteiger charge is -2.30. The highest BCUT2D eigenvalue weighted by Gasteiger charge is 2.26. The Morgan fingerprint density at radius 3 is 2.29 bits per heavy atom. The second-order valence-corrected chi connectivity index (χ2v) is 13.3. The van der Waals surface area contributed by atoms with Crippen LogP contribution in [0.3, 0.4) is 0 Å². The number of anilines is 2. The minimum Gasteiger partial charge on any atom is -0.497 e. The second kappa shape index (κ2) is 15.2. The van der Waals surface area contributed by atoms with Crippen molar-refractivity contribution in [2.45, 2.75) is 25.2 Å². The van der Waals surface area contributed by atoms with E-state index in [2.05, 4.69) is 32.6 Å². The number of rotatable bonds is 13. The van der Waals surface area contributed by atoms with E-state index in [1.54, 1.807) is 47.2 Å². The summed E-state index contributed by atoms with van der Waals surface area (Å²) in [6.45, 7) is 0.521. The molecule has 0 saturated carbocycles. The van der Waals surface area contributed by atoms with Crippen LogP contribution in [0.5, 0.6) is 5.75 Å². The third-order valence-corrected chi connectivity index (χ3v) is 9.79. The van der Waals surface area contributed by atoms with Gasteiger partial charge in [-0.25, -0.2) is 19.0 Å². The van der Waals surface area contributed by atoms with Crippen LogP contribution in [-0.4, -0.2) is 59.2 Å². The van der Waals surface area contributed by atoms with Crippen LogP contribution in [0.1, 0.15) is 22.9 Å². The van der Waals surface area contributed by atoms with Crippen molar-refractivity contribution in [2.75, 3.05) is 24.1 Å². The van der Waals surface area contributed by atoms with Crippen LogP contribution in [0.4, 0.5) is 11.6 Å². The number of aliphatic hydroxyl groups excluding tert-OH is 1. The van der Waals surface area contributed by atoms with Gasteiger partial charge in [0.05, 0.1) is 25.5 Å². The third kappa shape index (κ3) is 6.94. The fourth-order valence-corrected chi connectivity index (χ4v) is 6.93. The number of hydrogen-bond donors (Lipinski definition) is 2. The Hall–Kier alpha value is -7.25. The first-order valence-corrected chi connectivity index (χ1v) is 18.1. The Morgan fingerprint density at radius 1 is 0.786 bits per heavy atom. The molecule has 9 rings (SSSR count). The van der Waals surface area contributed by atoms with Crippen LogP contribution in [0, 0.1) is 0 Å². The molecule has 3 aromatic carbocycles. The molecule has 0 bridgehead atoms. The summed E-state index contributed by atoms with van der Waals surface area (Å²) in [6.07, 6.45) is 12.0. The van der Waals surface area contributed by atoms with Gasteiger partial charge in [0.25, 0.3) is 0 Å². The van der Waals surface area contributed by atoms with E-state index in [4.69, 9.17) is 24.2 Å². The molecule has 56 heavy (non-hydrogen) atoms. The molecule has 0 spiro atoms. The number of benzene rings is 3. The van der Waals surface area contributed by atoms with Crippen molar-refractivity contribution in [3.63, 3.8) is 0 Å². The maximum atomic E-state index is 12.5. The van der Waals surface area contributed by atoms with E-state index in [0.717, 1.165) is 39.1 Å². The third-order valence-electron chi connectivity index (χ3n) is 9.79. The average molecular weight is 744 g/mol. The number of fused-ring (bicyclic) bond motifs is 2. The molecule has 0 saturated heterocycles. The maximum Gasteiger partial charge on any atom is 0.229 e. The Bertz CT molecular complexity index is 2630. The molecular weight excluding hydrogens is 707 g/mol. The van der Waals surface area contributed by atoms with Gasteiger partial charge < -0.3 is 29.5 Å². The lowest BCUT2D eigenvalue weighted by molar-refractivity contribution is 0.0764. The Morgan fingerprint density at radius 2 is 1.52 bits per heavy atom. The summed E-state index contributed by atoms with van der Waals surface area (Å²) in [5.41, 5.74) is 7.35. The largest absolute Gasteiger partial charge is 0.497 e. The van der Waals surface area contributed by atoms with Crippen molar-refractivity contribution in [1.82, 2.24) is 34.2 Å². The van der Waals surface area contributed by atoms with Crippen LogP contribution >= 0.6 is 0 Å². The predicted molar refractivity (Wildman–Crippen MR) is 211 cm³/mol. The van der Waals surface area contributed by atoms with Gasteiger partial charge in [-0.15, -0.1) is 0 Å². The first-order chi connectivity index (χ1) is 27.6. The molecular formula is C43H37N9O4.